The number of primary amides is 1. The Morgan fingerprint density at radius 1 is 1.08 bits per heavy atom. The summed E-state index contributed by atoms with van der Waals surface area (Å²) in [5.74, 6) is 0.470. The van der Waals surface area contributed by atoms with Gasteiger partial charge in [0.25, 0.3) is 0 Å². The topological polar surface area (TPSA) is 120 Å². The highest BCUT2D eigenvalue weighted by Crippen LogP contribution is 2.11. The molecule has 2 aromatic rings. The number of hydrogen-bond acceptors (Lipinski definition) is 5. The average molecular weight is 367 g/mol. The molecule has 0 aliphatic rings. The van der Waals surface area contributed by atoms with Crippen LogP contribution in [0.4, 0.5) is 10.5 Å². The zero-order valence-corrected chi connectivity index (χ0v) is 14.6. The molecule has 8 heteroatoms. The summed E-state index contributed by atoms with van der Waals surface area (Å²) in [6.07, 6.45) is 0. The Morgan fingerprint density at radius 3 is 2.38 bits per heavy atom. The molecule has 0 bridgehead atoms. The molecule has 0 aliphatic carbocycles. The Bertz CT molecular complexity index is 829. The first kappa shape index (κ1) is 19.0. The van der Waals surface area contributed by atoms with Gasteiger partial charge in [-0.2, -0.15) is 10.4 Å². The Kier molecular flexibility index (Phi) is 7.21. The number of anilines is 1. The summed E-state index contributed by atoms with van der Waals surface area (Å²) in [6.45, 7) is 0. The van der Waals surface area contributed by atoms with Crippen molar-refractivity contribution in [3.05, 3.63) is 65.7 Å². The second-order valence-corrected chi connectivity index (χ2v) is 6.12. The van der Waals surface area contributed by atoms with Gasteiger partial charge >= 0.3 is 6.03 Å². The number of carbonyl (C=O) groups is 2. The molecule has 7 nitrogen and oxygen atoms in total. The number of benzene rings is 2. The van der Waals surface area contributed by atoms with Gasteiger partial charge in [0.2, 0.25) is 5.91 Å². The summed E-state index contributed by atoms with van der Waals surface area (Å²) in [6, 6.07) is 17.2. The number of urea groups is 1. The van der Waals surface area contributed by atoms with Gasteiger partial charge in [0.1, 0.15) is 0 Å². The monoisotopic (exact) mass is 367 g/mol. The van der Waals surface area contributed by atoms with Crippen LogP contribution in [-0.4, -0.2) is 29.2 Å². The van der Waals surface area contributed by atoms with Crippen molar-refractivity contribution in [1.29, 1.82) is 5.26 Å². The fourth-order valence-electron chi connectivity index (χ4n) is 2.00. The van der Waals surface area contributed by atoms with E-state index in [1.165, 1.54) is 11.8 Å². The van der Waals surface area contributed by atoms with E-state index < -0.39 is 6.03 Å². The minimum absolute atomic E-state index is 0.136. The lowest BCUT2D eigenvalue weighted by molar-refractivity contribution is -0.113. The van der Waals surface area contributed by atoms with Crippen molar-refractivity contribution in [3.8, 4) is 6.07 Å². The third-order valence-corrected chi connectivity index (χ3v) is 4.12. The van der Waals surface area contributed by atoms with Crippen LogP contribution < -0.4 is 16.5 Å². The molecule has 2 rings (SSSR count). The molecule has 0 radical (unpaired) electrons. The Balaban J connectivity index is 1.96. The number of nitrogens with zero attached hydrogens (tertiary/aromatic N) is 2. The van der Waals surface area contributed by atoms with Crippen molar-refractivity contribution in [3.63, 3.8) is 0 Å². The highest BCUT2D eigenvalue weighted by Gasteiger charge is 2.08. The molecule has 0 unspecified atom stereocenters. The smallest absolute Gasteiger partial charge is 0.332 e. The van der Waals surface area contributed by atoms with Gasteiger partial charge < -0.3 is 11.1 Å². The van der Waals surface area contributed by atoms with Crippen LogP contribution in [0.1, 0.15) is 11.1 Å². The maximum absolute atomic E-state index is 12.0. The normalized spacial score (nSPS) is 10.7. The lowest BCUT2D eigenvalue weighted by Gasteiger charge is -2.08. The summed E-state index contributed by atoms with van der Waals surface area (Å²) in [5, 5.41) is 15.6. The van der Waals surface area contributed by atoms with E-state index >= 15 is 0 Å². The maximum atomic E-state index is 12.0. The Morgan fingerprint density at radius 2 is 1.77 bits per heavy atom. The summed E-state index contributed by atoms with van der Waals surface area (Å²) in [7, 11) is 0. The number of hydrogen-bond donors (Lipinski definition) is 3. The highest BCUT2D eigenvalue weighted by molar-refractivity contribution is 8.00. The third kappa shape index (κ3) is 6.30. The predicted octanol–water partition coefficient (Wildman–Crippen LogP) is 2.30. The minimum Gasteiger partial charge on any atom is -0.350 e. The molecular weight excluding hydrogens is 350 g/mol. The van der Waals surface area contributed by atoms with Crippen LogP contribution in [-0.2, 0) is 4.79 Å². The number of para-hydroxylation sites is 1. The summed E-state index contributed by atoms with van der Waals surface area (Å²) in [5.41, 5.74) is 9.78. The van der Waals surface area contributed by atoms with E-state index in [0.29, 0.717) is 17.0 Å². The molecule has 0 saturated carbocycles. The van der Waals surface area contributed by atoms with Crippen LogP contribution in [0, 0.1) is 11.3 Å². The van der Waals surface area contributed by atoms with Crippen LogP contribution in [0.5, 0.6) is 0 Å². The average Bonchev–Trinajstić information content (AvgIpc) is 2.65. The number of nitriles is 1. The third-order valence-electron chi connectivity index (χ3n) is 3.18. The fourth-order valence-corrected chi connectivity index (χ4v) is 2.78. The van der Waals surface area contributed by atoms with E-state index in [0.717, 1.165) is 11.3 Å². The molecule has 0 fully saturated rings. The highest BCUT2D eigenvalue weighted by atomic mass is 32.2. The number of thioether (sulfide) groups is 1. The van der Waals surface area contributed by atoms with E-state index in [4.69, 9.17) is 11.0 Å². The molecular formula is C18H17N5O2S. The summed E-state index contributed by atoms with van der Waals surface area (Å²) in [4.78, 5) is 22.9. The van der Waals surface area contributed by atoms with Crippen LogP contribution in [0.2, 0.25) is 0 Å². The molecule has 132 valence electrons. The number of carbonyl (C=O) groups excluding carboxylic acids is 2. The second-order valence-electron chi connectivity index (χ2n) is 5.13. The first-order valence-corrected chi connectivity index (χ1v) is 8.79. The molecule has 0 saturated heterocycles. The minimum atomic E-state index is -0.775. The Hall–Kier alpha value is -3.31. The number of hydrazone groups is 1. The van der Waals surface area contributed by atoms with E-state index in [9.17, 15) is 9.59 Å². The first-order valence-electron chi connectivity index (χ1n) is 7.63. The molecule has 0 aromatic heterocycles. The van der Waals surface area contributed by atoms with Crippen molar-refractivity contribution >= 4 is 35.1 Å². The van der Waals surface area contributed by atoms with Crippen LogP contribution >= 0.6 is 11.8 Å². The molecule has 0 spiro atoms. The molecule has 26 heavy (non-hydrogen) atoms. The van der Waals surface area contributed by atoms with Crippen molar-refractivity contribution in [2.24, 2.45) is 10.8 Å². The second kappa shape index (κ2) is 9.86. The van der Waals surface area contributed by atoms with Crippen molar-refractivity contribution in [2.75, 3.05) is 16.8 Å². The molecule has 0 aliphatic heterocycles. The quantitative estimate of drug-likeness (QED) is 0.513. The zero-order valence-electron chi connectivity index (χ0n) is 13.8. The predicted molar refractivity (Wildman–Crippen MR) is 103 cm³/mol. The number of rotatable bonds is 7. The van der Waals surface area contributed by atoms with Gasteiger partial charge in [-0.05, 0) is 29.8 Å². The van der Waals surface area contributed by atoms with Crippen molar-refractivity contribution in [1.82, 2.24) is 5.43 Å². The standard InChI is InChI=1S/C18H17N5O2S/c19-10-13-6-8-14(9-7-13)16(22-23-18(20)25)11-26-12-17(24)21-15-4-2-1-3-5-15/h1-9H,11-12H2,(H,21,24)(H3,20,23,25)/b22-16-. The van der Waals surface area contributed by atoms with Gasteiger partial charge in [-0.25, -0.2) is 10.2 Å². The van der Waals surface area contributed by atoms with Gasteiger partial charge in [-0.15, -0.1) is 11.8 Å². The van der Waals surface area contributed by atoms with Crippen molar-refractivity contribution < 1.29 is 9.59 Å². The lowest BCUT2D eigenvalue weighted by Crippen LogP contribution is -2.26. The largest absolute Gasteiger partial charge is 0.350 e. The number of amides is 3. The van der Waals surface area contributed by atoms with Gasteiger partial charge in [-0.3, -0.25) is 4.79 Å². The fraction of sp³-hybridized carbons (Fsp3) is 0.111. The first-order chi connectivity index (χ1) is 12.6. The van der Waals surface area contributed by atoms with Crippen LogP contribution in [0.15, 0.2) is 59.7 Å². The number of nitrogens with two attached hydrogens (primary N) is 1. The molecule has 0 heterocycles. The SMILES string of the molecule is N#Cc1ccc(/C(CSCC(=O)Nc2ccccc2)=N\NC(N)=O)cc1. The van der Waals surface area contributed by atoms with Crippen molar-refractivity contribution in [2.45, 2.75) is 0 Å². The van der Waals surface area contributed by atoms with E-state index in [1.54, 1.807) is 24.3 Å². The van der Waals surface area contributed by atoms with Gasteiger partial charge in [0, 0.05) is 11.4 Å². The molecule has 0 atom stereocenters. The summed E-state index contributed by atoms with van der Waals surface area (Å²) < 4.78 is 0. The van der Waals surface area contributed by atoms with Gasteiger partial charge in [-0.1, -0.05) is 30.3 Å². The van der Waals surface area contributed by atoms with Gasteiger partial charge in [0.15, 0.2) is 0 Å². The van der Waals surface area contributed by atoms with Crippen LogP contribution in [0.25, 0.3) is 0 Å². The van der Waals surface area contributed by atoms with Crippen LogP contribution in [0.3, 0.4) is 0 Å². The Labute approximate surface area is 155 Å². The molecule has 3 amide bonds. The maximum Gasteiger partial charge on any atom is 0.332 e. The van der Waals surface area contributed by atoms with E-state index in [2.05, 4.69) is 15.8 Å². The molecule has 4 N–H and O–H groups in total. The van der Waals surface area contributed by atoms with Gasteiger partial charge in [0.05, 0.1) is 23.1 Å². The lowest BCUT2D eigenvalue weighted by atomic mass is 10.1. The van der Waals surface area contributed by atoms with E-state index in [-0.39, 0.29) is 11.7 Å². The zero-order chi connectivity index (χ0) is 18.8. The van der Waals surface area contributed by atoms with E-state index in [1.807, 2.05) is 36.4 Å². The summed E-state index contributed by atoms with van der Waals surface area (Å²) >= 11 is 1.35. The molecule has 2 aromatic carbocycles. The number of nitrogens with one attached hydrogen (secondary N) is 2.